The quantitative estimate of drug-likeness (QED) is 0.442. The van der Waals surface area contributed by atoms with Crippen LogP contribution in [-0.2, 0) is 4.79 Å². The van der Waals surface area contributed by atoms with Crippen LogP contribution in [0.5, 0.6) is 0 Å². The van der Waals surface area contributed by atoms with Gasteiger partial charge in [-0.05, 0) is 72.1 Å². The average Bonchev–Trinajstić information content (AvgIpc) is 2.52. The van der Waals surface area contributed by atoms with E-state index >= 15 is 0 Å². The van der Waals surface area contributed by atoms with E-state index in [2.05, 4.69) is 58.2 Å². The van der Waals surface area contributed by atoms with Gasteiger partial charge in [0.25, 0.3) is 0 Å². The monoisotopic (exact) mass is 349 g/mol. The molecule has 0 spiro atoms. The summed E-state index contributed by atoms with van der Waals surface area (Å²) < 4.78 is 0. The molecule has 0 saturated carbocycles. The summed E-state index contributed by atoms with van der Waals surface area (Å²) in [7, 11) is 0. The van der Waals surface area contributed by atoms with Gasteiger partial charge in [0.2, 0.25) is 5.91 Å². The van der Waals surface area contributed by atoms with Gasteiger partial charge in [0.15, 0.2) is 0 Å². The highest BCUT2D eigenvalue weighted by Gasteiger charge is 2.07. The van der Waals surface area contributed by atoms with E-state index in [1.54, 1.807) is 0 Å². The van der Waals surface area contributed by atoms with E-state index in [4.69, 9.17) is 5.11 Å². The van der Waals surface area contributed by atoms with Gasteiger partial charge >= 0.3 is 0 Å². The predicted octanol–water partition coefficient (Wildman–Crippen LogP) is 5.32. The molecule has 0 aliphatic rings. The summed E-state index contributed by atoms with van der Waals surface area (Å²) >= 11 is 0. The molecule has 0 aliphatic heterocycles. The number of aliphatic hydroxyl groups excluding tert-OH is 1. The van der Waals surface area contributed by atoms with Crippen LogP contribution in [0.4, 0.5) is 0 Å². The Labute approximate surface area is 155 Å². The molecule has 0 saturated heterocycles. The molecule has 0 aromatic carbocycles. The standard InChI is InChI=1S/C22H39NO2/c1-18(2)9-6-10-19(3)11-7-12-20(4)13-8-14-21(5)17-22(25)23-15-16-24/h9,11,13,21,24H,6-8,10,12,14-17H2,1-5H3,(H,23,25). The third kappa shape index (κ3) is 15.9. The first kappa shape index (κ1) is 23.6. The lowest BCUT2D eigenvalue weighted by Crippen LogP contribution is -2.27. The molecule has 0 rings (SSSR count). The molecular formula is C22H39NO2. The van der Waals surface area contributed by atoms with Crippen molar-refractivity contribution >= 4 is 5.91 Å². The Hall–Kier alpha value is -1.35. The Morgan fingerprint density at radius 3 is 2.08 bits per heavy atom. The minimum atomic E-state index is 0.00488. The van der Waals surface area contributed by atoms with Crippen molar-refractivity contribution in [3.05, 3.63) is 34.9 Å². The molecule has 0 aromatic heterocycles. The van der Waals surface area contributed by atoms with Gasteiger partial charge in [-0.2, -0.15) is 0 Å². The lowest BCUT2D eigenvalue weighted by molar-refractivity contribution is -0.122. The van der Waals surface area contributed by atoms with Crippen molar-refractivity contribution in [2.75, 3.05) is 13.2 Å². The van der Waals surface area contributed by atoms with Gasteiger partial charge in [-0.3, -0.25) is 4.79 Å². The Balaban J connectivity index is 3.93. The molecular weight excluding hydrogens is 310 g/mol. The molecule has 0 radical (unpaired) electrons. The molecule has 3 heteroatoms. The number of aliphatic hydroxyl groups is 1. The third-order valence-electron chi connectivity index (χ3n) is 4.24. The summed E-state index contributed by atoms with van der Waals surface area (Å²) in [5.41, 5.74) is 4.31. The SMILES string of the molecule is CC(C)=CCCC(C)=CCCC(C)=CCCC(C)CC(=O)NCCO. The largest absolute Gasteiger partial charge is 0.395 e. The Morgan fingerprint density at radius 2 is 1.52 bits per heavy atom. The number of carbonyl (C=O) groups excluding carboxylic acids is 1. The molecule has 2 N–H and O–H groups in total. The van der Waals surface area contributed by atoms with Crippen LogP contribution >= 0.6 is 0 Å². The minimum Gasteiger partial charge on any atom is -0.395 e. The molecule has 25 heavy (non-hydrogen) atoms. The van der Waals surface area contributed by atoms with E-state index in [0.29, 0.717) is 18.9 Å². The van der Waals surface area contributed by atoms with Crippen molar-refractivity contribution < 1.29 is 9.90 Å². The fraction of sp³-hybridized carbons (Fsp3) is 0.682. The normalized spacial score (nSPS) is 13.5. The molecule has 0 heterocycles. The first-order valence-electron chi connectivity index (χ1n) is 9.67. The van der Waals surface area contributed by atoms with Crippen LogP contribution in [0.2, 0.25) is 0 Å². The summed E-state index contributed by atoms with van der Waals surface area (Å²) in [4.78, 5) is 11.6. The number of nitrogens with one attached hydrogen (secondary N) is 1. The second kappa shape index (κ2) is 14.9. The van der Waals surface area contributed by atoms with E-state index < -0.39 is 0 Å². The van der Waals surface area contributed by atoms with Gasteiger partial charge < -0.3 is 10.4 Å². The lowest BCUT2D eigenvalue weighted by Gasteiger charge is -2.10. The highest BCUT2D eigenvalue weighted by molar-refractivity contribution is 5.76. The topological polar surface area (TPSA) is 49.3 Å². The summed E-state index contributed by atoms with van der Waals surface area (Å²) in [6.07, 6.45) is 14.1. The Morgan fingerprint density at radius 1 is 0.960 bits per heavy atom. The second-order valence-electron chi connectivity index (χ2n) is 7.42. The van der Waals surface area contributed by atoms with Crippen LogP contribution in [0, 0.1) is 5.92 Å². The molecule has 0 aromatic rings. The van der Waals surface area contributed by atoms with Crippen molar-refractivity contribution in [3.8, 4) is 0 Å². The highest BCUT2D eigenvalue weighted by Crippen LogP contribution is 2.15. The van der Waals surface area contributed by atoms with Gasteiger partial charge in [0.1, 0.15) is 0 Å². The Kier molecular flexibility index (Phi) is 14.1. The first-order chi connectivity index (χ1) is 11.8. The number of hydrogen-bond acceptors (Lipinski definition) is 2. The van der Waals surface area contributed by atoms with Crippen molar-refractivity contribution in [1.82, 2.24) is 5.32 Å². The van der Waals surface area contributed by atoms with E-state index in [1.807, 2.05) is 0 Å². The highest BCUT2D eigenvalue weighted by atomic mass is 16.3. The zero-order valence-electron chi connectivity index (χ0n) is 17.0. The maximum absolute atomic E-state index is 11.6. The average molecular weight is 350 g/mol. The number of carbonyl (C=O) groups is 1. The fourth-order valence-electron chi connectivity index (χ4n) is 2.64. The Bertz CT molecular complexity index is 457. The molecule has 1 atom stereocenters. The smallest absolute Gasteiger partial charge is 0.220 e. The molecule has 1 unspecified atom stereocenters. The molecule has 1 amide bonds. The van der Waals surface area contributed by atoms with Crippen molar-refractivity contribution in [2.24, 2.45) is 5.92 Å². The molecule has 3 nitrogen and oxygen atoms in total. The van der Waals surface area contributed by atoms with Crippen LogP contribution in [0.15, 0.2) is 34.9 Å². The van der Waals surface area contributed by atoms with Crippen molar-refractivity contribution in [3.63, 3.8) is 0 Å². The van der Waals surface area contributed by atoms with E-state index in [0.717, 1.165) is 38.5 Å². The van der Waals surface area contributed by atoms with Crippen molar-refractivity contribution in [1.29, 1.82) is 0 Å². The van der Waals surface area contributed by atoms with E-state index in [9.17, 15) is 4.79 Å². The fourth-order valence-corrected chi connectivity index (χ4v) is 2.64. The summed E-state index contributed by atoms with van der Waals surface area (Å²) in [6.45, 7) is 11.2. The lowest BCUT2D eigenvalue weighted by atomic mass is 9.99. The number of amides is 1. The van der Waals surface area contributed by atoms with Crippen LogP contribution in [0.3, 0.4) is 0 Å². The van der Waals surface area contributed by atoms with Crippen LogP contribution < -0.4 is 5.32 Å². The molecule has 0 aliphatic carbocycles. The third-order valence-corrected chi connectivity index (χ3v) is 4.24. The van der Waals surface area contributed by atoms with Gasteiger partial charge in [-0.25, -0.2) is 0 Å². The van der Waals surface area contributed by atoms with Crippen molar-refractivity contribution in [2.45, 2.75) is 79.6 Å². The van der Waals surface area contributed by atoms with Gasteiger partial charge in [-0.15, -0.1) is 0 Å². The van der Waals surface area contributed by atoms with Gasteiger partial charge in [0, 0.05) is 13.0 Å². The van der Waals surface area contributed by atoms with Crippen LogP contribution in [-0.4, -0.2) is 24.2 Å². The molecule has 144 valence electrons. The zero-order valence-corrected chi connectivity index (χ0v) is 17.0. The zero-order chi connectivity index (χ0) is 19.1. The number of hydrogen-bond donors (Lipinski definition) is 2. The molecule has 0 bridgehead atoms. The first-order valence-corrected chi connectivity index (χ1v) is 9.67. The van der Waals surface area contributed by atoms with E-state index in [-0.39, 0.29) is 12.5 Å². The van der Waals surface area contributed by atoms with Gasteiger partial charge in [0.05, 0.1) is 6.61 Å². The van der Waals surface area contributed by atoms with E-state index in [1.165, 1.54) is 16.7 Å². The predicted molar refractivity (Wildman–Crippen MR) is 109 cm³/mol. The summed E-state index contributed by atoms with van der Waals surface area (Å²) in [5.74, 6) is 0.413. The second-order valence-corrected chi connectivity index (χ2v) is 7.42. The summed E-state index contributed by atoms with van der Waals surface area (Å²) in [6, 6.07) is 0. The molecule has 0 fully saturated rings. The maximum Gasteiger partial charge on any atom is 0.220 e. The van der Waals surface area contributed by atoms with Gasteiger partial charge in [-0.1, -0.05) is 41.9 Å². The summed E-state index contributed by atoms with van der Waals surface area (Å²) in [5, 5.41) is 11.4. The van der Waals surface area contributed by atoms with Crippen LogP contribution in [0.25, 0.3) is 0 Å². The number of allylic oxidation sites excluding steroid dienone is 6. The minimum absolute atomic E-state index is 0.00488. The number of rotatable bonds is 13. The van der Waals surface area contributed by atoms with Crippen LogP contribution in [0.1, 0.15) is 79.6 Å². The maximum atomic E-state index is 11.6.